The van der Waals surface area contributed by atoms with Crippen LogP contribution in [0, 0.1) is 0 Å². The van der Waals surface area contributed by atoms with Crippen molar-refractivity contribution >= 4 is 20.8 Å². The van der Waals surface area contributed by atoms with Crippen molar-refractivity contribution in [1.82, 2.24) is 10.0 Å². The fourth-order valence-electron chi connectivity index (χ4n) is 3.30. The van der Waals surface area contributed by atoms with Gasteiger partial charge in [0.25, 0.3) is 0 Å². The van der Waals surface area contributed by atoms with Gasteiger partial charge in [-0.05, 0) is 53.9 Å². The summed E-state index contributed by atoms with van der Waals surface area (Å²) in [5, 5.41) is 6.00. The minimum atomic E-state index is -3.50. The highest BCUT2D eigenvalue weighted by Crippen LogP contribution is 2.23. The van der Waals surface area contributed by atoms with Gasteiger partial charge in [-0.3, -0.25) is 0 Å². The maximum absolute atomic E-state index is 12.3. The average molecular weight is 425 g/mol. The molecule has 0 aliphatic heterocycles. The van der Waals surface area contributed by atoms with E-state index in [1.807, 2.05) is 12.2 Å². The molecule has 3 aromatic carbocycles. The minimum absolute atomic E-state index is 0.217. The summed E-state index contributed by atoms with van der Waals surface area (Å²) < 4.78 is 32.2. The Morgan fingerprint density at radius 3 is 2.47 bits per heavy atom. The highest BCUT2D eigenvalue weighted by molar-refractivity contribution is 7.89. The summed E-state index contributed by atoms with van der Waals surface area (Å²) in [6, 6.07) is 21.3. The number of hydrogen-bond acceptors (Lipinski definition) is 4. The molecule has 0 heterocycles. The molecule has 2 N–H and O–H groups in total. The maximum Gasteiger partial charge on any atom is 0.240 e. The van der Waals surface area contributed by atoms with Crippen molar-refractivity contribution in [2.45, 2.75) is 24.3 Å². The van der Waals surface area contributed by atoms with Crippen LogP contribution in [-0.4, -0.2) is 28.6 Å². The van der Waals surface area contributed by atoms with Crippen LogP contribution in [0.4, 0.5) is 0 Å². The Bertz CT molecular complexity index is 1090. The molecule has 5 nitrogen and oxygen atoms in total. The molecular weight excluding hydrogens is 396 g/mol. The van der Waals surface area contributed by atoms with Crippen LogP contribution in [0.25, 0.3) is 10.8 Å². The molecule has 30 heavy (non-hydrogen) atoms. The van der Waals surface area contributed by atoms with Gasteiger partial charge in [0, 0.05) is 19.1 Å². The second kappa shape index (κ2) is 10.4. The minimum Gasteiger partial charge on any atom is -0.497 e. The predicted octanol–water partition coefficient (Wildman–Crippen LogP) is 4.42. The first-order valence-electron chi connectivity index (χ1n) is 10.0. The van der Waals surface area contributed by atoms with Gasteiger partial charge in [-0.15, -0.1) is 0 Å². The lowest BCUT2D eigenvalue weighted by molar-refractivity contribution is 0.414. The third kappa shape index (κ3) is 5.69. The summed E-state index contributed by atoms with van der Waals surface area (Å²) in [6.07, 6.45) is 4.64. The van der Waals surface area contributed by atoms with Gasteiger partial charge in [-0.1, -0.05) is 54.6 Å². The predicted molar refractivity (Wildman–Crippen MR) is 122 cm³/mol. The van der Waals surface area contributed by atoms with Crippen molar-refractivity contribution in [3.63, 3.8) is 0 Å². The van der Waals surface area contributed by atoms with E-state index in [0.717, 1.165) is 6.54 Å². The van der Waals surface area contributed by atoms with E-state index in [0.29, 0.717) is 18.7 Å². The standard InChI is InChI=1S/C24H28N2O3S/c1-19(23-12-8-10-20-9-4-5-11-24(20)23)25-17-6-3-7-18-26-30(27,28)22-15-13-21(29-2)14-16-22/h3-6,8-16,19,25-26H,7,17-18H2,1-2H3/b6-3+/t19-/m1/s1. The molecule has 0 fully saturated rings. The van der Waals surface area contributed by atoms with E-state index in [1.54, 1.807) is 19.2 Å². The molecule has 0 saturated heterocycles. The maximum atomic E-state index is 12.3. The van der Waals surface area contributed by atoms with Crippen LogP contribution in [-0.2, 0) is 10.0 Å². The van der Waals surface area contributed by atoms with Crippen LogP contribution in [0.1, 0.15) is 24.9 Å². The first-order chi connectivity index (χ1) is 14.5. The smallest absolute Gasteiger partial charge is 0.240 e. The van der Waals surface area contributed by atoms with Gasteiger partial charge < -0.3 is 10.1 Å². The normalized spacial score (nSPS) is 13.0. The van der Waals surface area contributed by atoms with Crippen LogP contribution in [0.3, 0.4) is 0 Å². The number of fused-ring (bicyclic) bond motifs is 1. The van der Waals surface area contributed by atoms with Crippen molar-refractivity contribution < 1.29 is 13.2 Å². The van der Waals surface area contributed by atoms with Gasteiger partial charge in [0.1, 0.15) is 5.75 Å². The molecule has 6 heteroatoms. The highest BCUT2D eigenvalue weighted by atomic mass is 32.2. The SMILES string of the molecule is COc1ccc(S(=O)(=O)NCC/C=C/CN[C@H](C)c2cccc3ccccc23)cc1. The summed E-state index contributed by atoms with van der Waals surface area (Å²) in [7, 11) is -1.96. The third-order valence-electron chi connectivity index (χ3n) is 4.97. The van der Waals surface area contributed by atoms with Crippen LogP contribution in [0.15, 0.2) is 83.8 Å². The first kappa shape index (κ1) is 22.0. The lowest BCUT2D eigenvalue weighted by Crippen LogP contribution is -2.24. The fourth-order valence-corrected chi connectivity index (χ4v) is 4.35. The molecule has 0 radical (unpaired) electrons. The second-order valence-electron chi connectivity index (χ2n) is 7.03. The van der Waals surface area contributed by atoms with Crippen molar-refractivity contribution in [2.24, 2.45) is 0 Å². The molecule has 158 valence electrons. The van der Waals surface area contributed by atoms with Gasteiger partial charge in [-0.25, -0.2) is 13.1 Å². The van der Waals surface area contributed by atoms with Crippen molar-refractivity contribution in [2.75, 3.05) is 20.2 Å². The zero-order valence-corrected chi connectivity index (χ0v) is 18.2. The number of methoxy groups -OCH3 is 1. The summed E-state index contributed by atoms with van der Waals surface area (Å²) in [4.78, 5) is 0.234. The summed E-state index contributed by atoms with van der Waals surface area (Å²) in [5.74, 6) is 0.627. The largest absolute Gasteiger partial charge is 0.497 e. The Kier molecular flexibility index (Phi) is 7.63. The van der Waals surface area contributed by atoms with Crippen LogP contribution in [0.5, 0.6) is 5.75 Å². The Morgan fingerprint density at radius 1 is 0.967 bits per heavy atom. The highest BCUT2D eigenvalue weighted by Gasteiger charge is 2.12. The topological polar surface area (TPSA) is 67.4 Å². The Balaban J connectivity index is 1.44. The zero-order chi connectivity index (χ0) is 21.4. The molecule has 0 amide bonds. The Morgan fingerprint density at radius 2 is 1.70 bits per heavy atom. The van der Waals surface area contributed by atoms with E-state index in [9.17, 15) is 8.42 Å². The third-order valence-corrected chi connectivity index (χ3v) is 6.45. The molecule has 0 bridgehead atoms. The van der Waals surface area contributed by atoms with Crippen LogP contribution in [0.2, 0.25) is 0 Å². The van der Waals surface area contributed by atoms with E-state index in [-0.39, 0.29) is 10.9 Å². The van der Waals surface area contributed by atoms with Crippen molar-refractivity contribution in [3.8, 4) is 5.75 Å². The Hall–Kier alpha value is -2.67. The van der Waals surface area contributed by atoms with Gasteiger partial charge in [-0.2, -0.15) is 0 Å². The lowest BCUT2D eigenvalue weighted by Gasteiger charge is -2.15. The van der Waals surface area contributed by atoms with Gasteiger partial charge in [0.2, 0.25) is 10.0 Å². The fraction of sp³-hybridized carbons (Fsp3) is 0.250. The molecule has 0 unspecified atom stereocenters. The molecule has 0 spiro atoms. The quantitative estimate of drug-likeness (QED) is 0.373. The first-order valence-corrected chi connectivity index (χ1v) is 11.5. The molecule has 0 saturated carbocycles. The molecule has 0 aromatic heterocycles. The van der Waals surface area contributed by atoms with Crippen LogP contribution < -0.4 is 14.8 Å². The average Bonchev–Trinajstić information content (AvgIpc) is 2.78. The zero-order valence-electron chi connectivity index (χ0n) is 17.3. The molecular formula is C24H28N2O3S. The van der Waals surface area contributed by atoms with E-state index in [2.05, 4.69) is 59.4 Å². The molecule has 3 rings (SSSR count). The monoisotopic (exact) mass is 424 g/mol. The van der Waals surface area contributed by atoms with E-state index < -0.39 is 10.0 Å². The van der Waals surface area contributed by atoms with E-state index >= 15 is 0 Å². The van der Waals surface area contributed by atoms with Gasteiger partial charge in [0.05, 0.1) is 12.0 Å². The number of hydrogen-bond donors (Lipinski definition) is 2. The van der Waals surface area contributed by atoms with Gasteiger partial charge >= 0.3 is 0 Å². The summed E-state index contributed by atoms with van der Waals surface area (Å²) >= 11 is 0. The number of benzene rings is 3. The van der Waals surface area contributed by atoms with E-state index in [4.69, 9.17) is 4.74 Å². The number of nitrogens with one attached hydrogen (secondary N) is 2. The Labute approximate surface area is 178 Å². The molecule has 0 aliphatic rings. The number of sulfonamides is 1. The molecule has 0 aliphatic carbocycles. The molecule has 1 atom stereocenters. The summed E-state index contributed by atoms with van der Waals surface area (Å²) in [5.41, 5.74) is 1.27. The summed E-state index contributed by atoms with van der Waals surface area (Å²) in [6.45, 7) is 3.22. The number of rotatable bonds is 10. The van der Waals surface area contributed by atoms with Crippen LogP contribution >= 0.6 is 0 Å². The van der Waals surface area contributed by atoms with E-state index in [1.165, 1.54) is 28.5 Å². The number of ether oxygens (including phenoxy) is 1. The molecule has 3 aromatic rings. The van der Waals surface area contributed by atoms with Gasteiger partial charge in [0.15, 0.2) is 0 Å². The van der Waals surface area contributed by atoms with Crippen molar-refractivity contribution in [3.05, 3.63) is 84.4 Å². The second-order valence-corrected chi connectivity index (χ2v) is 8.80. The lowest BCUT2D eigenvalue weighted by atomic mass is 10.00. The van der Waals surface area contributed by atoms with Crippen molar-refractivity contribution in [1.29, 1.82) is 0 Å².